The zero-order valence-electron chi connectivity index (χ0n) is 21.0. The lowest BCUT2D eigenvalue weighted by Crippen LogP contribution is -2.47. The van der Waals surface area contributed by atoms with E-state index in [4.69, 9.17) is 0 Å². The van der Waals surface area contributed by atoms with E-state index in [-0.39, 0.29) is 35.8 Å². The predicted molar refractivity (Wildman–Crippen MR) is 142 cm³/mol. The lowest BCUT2D eigenvalue weighted by atomic mass is 9.88. The molecule has 2 aromatic carbocycles. The van der Waals surface area contributed by atoms with Crippen molar-refractivity contribution in [3.63, 3.8) is 0 Å². The molecule has 37 heavy (non-hydrogen) atoms. The number of nitrogens with one attached hydrogen (secondary N) is 3. The van der Waals surface area contributed by atoms with E-state index in [1.54, 1.807) is 25.2 Å². The number of anilines is 2. The fourth-order valence-electron chi connectivity index (χ4n) is 4.73. The van der Waals surface area contributed by atoms with Gasteiger partial charge in [-0.3, -0.25) is 14.4 Å². The number of hydrogen-bond donors (Lipinski definition) is 4. The fourth-order valence-corrected chi connectivity index (χ4v) is 4.73. The molecule has 1 heterocycles. The van der Waals surface area contributed by atoms with Gasteiger partial charge in [0.1, 0.15) is 11.7 Å². The molecule has 3 amide bonds. The van der Waals surface area contributed by atoms with Gasteiger partial charge < -0.3 is 25.6 Å². The third-order valence-corrected chi connectivity index (χ3v) is 6.94. The Labute approximate surface area is 215 Å². The van der Waals surface area contributed by atoms with Crippen LogP contribution in [0.4, 0.5) is 11.4 Å². The Morgan fingerprint density at radius 3 is 2.51 bits per heavy atom. The molecule has 194 valence electrons. The maximum atomic E-state index is 13.4. The number of carboxylic acids is 1. The van der Waals surface area contributed by atoms with Crippen LogP contribution in [0.3, 0.4) is 0 Å². The van der Waals surface area contributed by atoms with Crippen molar-refractivity contribution < 1.29 is 24.3 Å². The first-order chi connectivity index (χ1) is 17.7. The standard InChI is InChI=1S/C28H32N4O5/c1-17(33)32(2)22-10-6-7-18(13-22)14-24(31-26(34)19-8-4-3-5-9-19)27(35)29-21-11-12-23-20(15-21)16-25(30-23)28(36)37/h6-7,10-13,15-16,19,24,30H,3-5,8-9,14H2,1-2H3,(H,29,35)(H,31,34)(H,36,37)/t24-/m0/s1. The van der Waals surface area contributed by atoms with Crippen LogP contribution in [-0.4, -0.2) is 46.9 Å². The number of fused-ring (bicyclic) bond motifs is 1. The van der Waals surface area contributed by atoms with Crippen LogP contribution < -0.4 is 15.5 Å². The molecular weight excluding hydrogens is 472 g/mol. The fraction of sp³-hybridized carbons (Fsp3) is 0.357. The minimum atomic E-state index is -1.06. The van der Waals surface area contributed by atoms with Gasteiger partial charge >= 0.3 is 5.97 Å². The first kappa shape index (κ1) is 25.9. The Balaban J connectivity index is 1.56. The van der Waals surface area contributed by atoms with Crippen LogP contribution >= 0.6 is 0 Å². The molecule has 0 aliphatic heterocycles. The summed E-state index contributed by atoms with van der Waals surface area (Å²) in [6.07, 6.45) is 5.01. The average Bonchev–Trinajstić information content (AvgIpc) is 3.32. The number of hydrogen-bond acceptors (Lipinski definition) is 4. The highest BCUT2D eigenvalue weighted by molar-refractivity contribution is 6.00. The van der Waals surface area contributed by atoms with Gasteiger partial charge in [-0.1, -0.05) is 31.4 Å². The lowest BCUT2D eigenvalue weighted by Gasteiger charge is -2.25. The normalized spacial score (nSPS) is 14.6. The minimum absolute atomic E-state index is 0.0616. The van der Waals surface area contributed by atoms with Crippen molar-refractivity contribution in [2.75, 3.05) is 17.3 Å². The third-order valence-electron chi connectivity index (χ3n) is 6.94. The van der Waals surface area contributed by atoms with Gasteiger partial charge in [-0.25, -0.2) is 4.79 Å². The summed E-state index contributed by atoms with van der Waals surface area (Å²) >= 11 is 0. The van der Waals surface area contributed by atoms with Crippen molar-refractivity contribution in [1.82, 2.24) is 10.3 Å². The van der Waals surface area contributed by atoms with Gasteiger partial charge in [-0.2, -0.15) is 0 Å². The molecular formula is C28H32N4O5. The molecule has 0 radical (unpaired) electrons. The van der Waals surface area contributed by atoms with Crippen molar-refractivity contribution in [3.8, 4) is 0 Å². The van der Waals surface area contributed by atoms with Crippen molar-refractivity contribution in [2.24, 2.45) is 5.92 Å². The van der Waals surface area contributed by atoms with E-state index < -0.39 is 12.0 Å². The Morgan fingerprint density at radius 1 is 1.05 bits per heavy atom. The molecule has 1 aliphatic carbocycles. The molecule has 1 saturated carbocycles. The van der Waals surface area contributed by atoms with Gasteiger partial charge in [0.15, 0.2) is 0 Å². The number of carbonyl (C=O) groups is 4. The molecule has 4 rings (SSSR count). The van der Waals surface area contributed by atoms with Crippen molar-refractivity contribution in [1.29, 1.82) is 0 Å². The van der Waals surface area contributed by atoms with Crippen LogP contribution in [0.5, 0.6) is 0 Å². The zero-order chi connectivity index (χ0) is 26.5. The molecule has 4 N–H and O–H groups in total. The summed E-state index contributed by atoms with van der Waals surface area (Å²) in [6, 6.07) is 13.1. The number of carboxylic acid groups (broad SMARTS) is 1. The van der Waals surface area contributed by atoms with Gasteiger partial charge in [-0.05, 0) is 54.8 Å². The molecule has 1 atom stereocenters. The number of amides is 3. The summed E-state index contributed by atoms with van der Waals surface area (Å²) in [6.45, 7) is 1.48. The molecule has 9 heteroatoms. The molecule has 1 aromatic heterocycles. The molecule has 0 saturated heterocycles. The molecule has 0 bridgehead atoms. The molecule has 1 fully saturated rings. The second-order valence-electron chi connectivity index (χ2n) is 9.63. The summed E-state index contributed by atoms with van der Waals surface area (Å²) in [5.41, 5.74) is 2.71. The predicted octanol–water partition coefficient (Wildman–Crippen LogP) is 4.10. The molecule has 3 aromatic rings. The lowest BCUT2D eigenvalue weighted by molar-refractivity contribution is -0.130. The summed E-state index contributed by atoms with van der Waals surface area (Å²) < 4.78 is 0. The van der Waals surface area contributed by atoms with E-state index in [0.717, 1.165) is 37.7 Å². The van der Waals surface area contributed by atoms with E-state index >= 15 is 0 Å². The number of H-pyrrole nitrogens is 1. The van der Waals surface area contributed by atoms with Crippen LogP contribution in [0.25, 0.3) is 10.9 Å². The summed E-state index contributed by atoms with van der Waals surface area (Å²) in [5, 5.41) is 15.7. The number of aromatic carboxylic acids is 1. The van der Waals surface area contributed by atoms with Crippen LogP contribution in [0.2, 0.25) is 0 Å². The first-order valence-corrected chi connectivity index (χ1v) is 12.5. The van der Waals surface area contributed by atoms with Gasteiger partial charge in [0.05, 0.1) is 0 Å². The monoisotopic (exact) mass is 504 g/mol. The molecule has 1 aliphatic rings. The maximum absolute atomic E-state index is 13.4. The summed E-state index contributed by atoms with van der Waals surface area (Å²) in [5.74, 6) is -1.77. The largest absolute Gasteiger partial charge is 0.477 e. The second kappa shape index (κ2) is 11.3. The van der Waals surface area contributed by atoms with E-state index in [1.807, 2.05) is 24.3 Å². The second-order valence-corrected chi connectivity index (χ2v) is 9.63. The van der Waals surface area contributed by atoms with Crippen molar-refractivity contribution >= 4 is 46.0 Å². The van der Waals surface area contributed by atoms with Crippen molar-refractivity contribution in [3.05, 3.63) is 59.8 Å². The number of benzene rings is 2. The van der Waals surface area contributed by atoms with E-state index in [2.05, 4.69) is 15.6 Å². The zero-order valence-corrected chi connectivity index (χ0v) is 21.0. The van der Waals surface area contributed by atoms with Crippen LogP contribution in [0, 0.1) is 5.92 Å². The molecule has 0 spiro atoms. The van der Waals surface area contributed by atoms with Gasteiger partial charge in [0, 0.05) is 48.6 Å². The highest BCUT2D eigenvalue weighted by Gasteiger charge is 2.27. The Morgan fingerprint density at radius 2 is 1.81 bits per heavy atom. The Hall–Kier alpha value is -4.14. The third kappa shape index (κ3) is 6.35. The quantitative estimate of drug-likeness (QED) is 0.367. The van der Waals surface area contributed by atoms with E-state index in [1.165, 1.54) is 17.9 Å². The number of aromatic amines is 1. The van der Waals surface area contributed by atoms with Crippen LogP contribution in [0.1, 0.15) is 55.1 Å². The highest BCUT2D eigenvalue weighted by Crippen LogP contribution is 2.25. The minimum Gasteiger partial charge on any atom is -0.477 e. The van der Waals surface area contributed by atoms with Crippen LogP contribution in [-0.2, 0) is 20.8 Å². The Bertz CT molecular complexity index is 1330. The number of carbonyl (C=O) groups excluding carboxylic acids is 3. The van der Waals surface area contributed by atoms with Gasteiger partial charge in [0.25, 0.3) is 0 Å². The molecule has 0 unspecified atom stereocenters. The number of nitrogens with zero attached hydrogens (tertiary/aromatic N) is 1. The van der Waals surface area contributed by atoms with Gasteiger partial charge in [0.2, 0.25) is 17.7 Å². The first-order valence-electron chi connectivity index (χ1n) is 12.5. The summed E-state index contributed by atoms with van der Waals surface area (Å²) in [7, 11) is 1.68. The van der Waals surface area contributed by atoms with Gasteiger partial charge in [-0.15, -0.1) is 0 Å². The SMILES string of the molecule is CC(=O)N(C)c1cccc(C[C@H](NC(=O)C2CCCCC2)C(=O)Nc2ccc3[nH]c(C(=O)O)cc3c2)c1. The average molecular weight is 505 g/mol. The topological polar surface area (TPSA) is 132 Å². The highest BCUT2D eigenvalue weighted by atomic mass is 16.4. The number of aromatic nitrogens is 1. The Kier molecular flexibility index (Phi) is 7.91. The van der Waals surface area contributed by atoms with E-state index in [9.17, 15) is 24.3 Å². The number of rotatable bonds is 8. The van der Waals surface area contributed by atoms with Crippen molar-refractivity contribution in [2.45, 2.75) is 51.5 Å². The van der Waals surface area contributed by atoms with Crippen LogP contribution in [0.15, 0.2) is 48.5 Å². The smallest absolute Gasteiger partial charge is 0.352 e. The summed E-state index contributed by atoms with van der Waals surface area (Å²) in [4.78, 5) is 53.9. The van der Waals surface area contributed by atoms with E-state index in [0.29, 0.717) is 22.3 Å². The molecule has 9 nitrogen and oxygen atoms in total. The maximum Gasteiger partial charge on any atom is 0.352 e.